The van der Waals surface area contributed by atoms with Gasteiger partial charge >= 0.3 is 0 Å². The monoisotopic (exact) mass is 221 g/mol. The summed E-state index contributed by atoms with van der Waals surface area (Å²) in [5.41, 5.74) is 2.42. The van der Waals surface area contributed by atoms with E-state index in [-0.39, 0.29) is 22.8 Å². The second kappa shape index (κ2) is 4.64. The van der Waals surface area contributed by atoms with E-state index in [0.717, 1.165) is 5.56 Å². The second-order valence-corrected chi connectivity index (χ2v) is 5.29. The van der Waals surface area contributed by atoms with E-state index in [9.17, 15) is 10.1 Å². The van der Waals surface area contributed by atoms with E-state index in [1.165, 1.54) is 5.56 Å². The van der Waals surface area contributed by atoms with Crippen molar-refractivity contribution in [1.29, 1.82) is 0 Å². The van der Waals surface area contributed by atoms with Crippen LogP contribution in [0.5, 0.6) is 0 Å². The molecule has 0 unspecified atom stereocenters. The molecule has 0 radical (unpaired) electrons. The number of nitrogens with zero attached hydrogens (tertiary/aromatic N) is 1. The molecule has 0 amide bonds. The second-order valence-electron chi connectivity index (χ2n) is 5.29. The minimum atomic E-state index is -0.262. The summed E-state index contributed by atoms with van der Waals surface area (Å²) in [5, 5.41) is 10.4. The van der Waals surface area contributed by atoms with E-state index < -0.39 is 0 Å². The zero-order valence-corrected chi connectivity index (χ0v) is 10.4. The predicted molar refractivity (Wildman–Crippen MR) is 65.4 cm³/mol. The molecular formula is C13H19NO2. The zero-order valence-electron chi connectivity index (χ0n) is 10.4. The first-order valence-corrected chi connectivity index (χ1v) is 5.53. The van der Waals surface area contributed by atoms with Crippen LogP contribution in [-0.4, -0.2) is 11.5 Å². The molecule has 3 heteroatoms. The van der Waals surface area contributed by atoms with E-state index in [4.69, 9.17) is 0 Å². The van der Waals surface area contributed by atoms with Crippen molar-refractivity contribution in [3.8, 4) is 0 Å². The van der Waals surface area contributed by atoms with E-state index in [1.54, 1.807) is 0 Å². The minimum absolute atomic E-state index is 0.00509. The van der Waals surface area contributed by atoms with Crippen molar-refractivity contribution in [2.75, 3.05) is 6.54 Å². The lowest BCUT2D eigenvalue weighted by atomic mass is 9.86. The molecule has 0 aromatic heterocycles. The molecular weight excluding hydrogens is 202 g/mol. The van der Waals surface area contributed by atoms with Crippen LogP contribution in [0, 0.1) is 10.1 Å². The van der Waals surface area contributed by atoms with Gasteiger partial charge in [0.15, 0.2) is 0 Å². The summed E-state index contributed by atoms with van der Waals surface area (Å²) in [7, 11) is 0. The highest BCUT2D eigenvalue weighted by molar-refractivity contribution is 5.29. The summed E-state index contributed by atoms with van der Waals surface area (Å²) >= 11 is 0. The van der Waals surface area contributed by atoms with Crippen LogP contribution in [0.25, 0.3) is 0 Å². The molecule has 3 nitrogen and oxygen atoms in total. The molecule has 0 aliphatic rings. The van der Waals surface area contributed by atoms with Crippen LogP contribution in [0.1, 0.15) is 44.7 Å². The molecule has 0 aliphatic heterocycles. The summed E-state index contributed by atoms with van der Waals surface area (Å²) in [6, 6.07) is 8.11. The Morgan fingerprint density at radius 2 is 1.75 bits per heavy atom. The number of benzene rings is 1. The van der Waals surface area contributed by atoms with Crippen molar-refractivity contribution in [3.63, 3.8) is 0 Å². The Morgan fingerprint density at radius 3 is 2.12 bits per heavy atom. The van der Waals surface area contributed by atoms with Gasteiger partial charge in [-0.05, 0) is 16.5 Å². The van der Waals surface area contributed by atoms with Crippen LogP contribution in [-0.2, 0) is 5.41 Å². The topological polar surface area (TPSA) is 43.1 Å². The molecule has 0 spiro atoms. The Labute approximate surface area is 96.6 Å². The molecule has 16 heavy (non-hydrogen) atoms. The van der Waals surface area contributed by atoms with Crippen molar-refractivity contribution in [2.45, 2.75) is 39.0 Å². The van der Waals surface area contributed by atoms with Gasteiger partial charge in [-0.2, -0.15) is 0 Å². The lowest BCUT2D eigenvalue weighted by Crippen LogP contribution is -2.12. The normalized spacial score (nSPS) is 13.5. The van der Waals surface area contributed by atoms with Crippen molar-refractivity contribution in [1.82, 2.24) is 0 Å². The number of hydrogen-bond acceptors (Lipinski definition) is 2. The van der Waals surface area contributed by atoms with Gasteiger partial charge < -0.3 is 0 Å². The average Bonchev–Trinajstić information content (AvgIpc) is 2.15. The fourth-order valence-electron chi connectivity index (χ4n) is 1.64. The van der Waals surface area contributed by atoms with Gasteiger partial charge in [0.05, 0.1) is 0 Å². The Kier molecular flexibility index (Phi) is 3.68. The first-order valence-electron chi connectivity index (χ1n) is 5.53. The first-order chi connectivity index (χ1) is 7.30. The molecule has 1 aromatic rings. The molecule has 0 fully saturated rings. The minimum Gasteiger partial charge on any atom is -0.265 e. The maximum atomic E-state index is 10.4. The van der Waals surface area contributed by atoms with Crippen LogP contribution < -0.4 is 0 Å². The van der Waals surface area contributed by atoms with Crippen LogP contribution in [0.2, 0.25) is 0 Å². The van der Waals surface area contributed by atoms with Gasteiger partial charge in [-0.3, -0.25) is 10.1 Å². The molecule has 1 atom stereocenters. The Balaban J connectivity index is 2.83. The summed E-state index contributed by atoms with van der Waals surface area (Å²) in [6.45, 7) is 8.34. The van der Waals surface area contributed by atoms with Crippen LogP contribution in [0.15, 0.2) is 24.3 Å². The maximum Gasteiger partial charge on any atom is 0.210 e. The number of nitro groups is 1. The molecule has 0 bridgehead atoms. The third-order valence-corrected chi connectivity index (χ3v) is 2.77. The summed E-state index contributed by atoms with van der Waals surface area (Å²) in [5.74, 6) is -0.0241. The average molecular weight is 221 g/mol. The highest BCUT2D eigenvalue weighted by atomic mass is 16.6. The maximum absolute atomic E-state index is 10.4. The zero-order chi connectivity index (χ0) is 12.3. The Bertz CT molecular complexity index is 363. The van der Waals surface area contributed by atoms with Crippen LogP contribution in [0.4, 0.5) is 0 Å². The van der Waals surface area contributed by atoms with Gasteiger partial charge in [0.25, 0.3) is 0 Å². The molecule has 1 rings (SSSR count). The molecule has 0 saturated heterocycles. The lowest BCUT2D eigenvalue weighted by Gasteiger charge is -2.19. The van der Waals surface area contributed by atoms with Crippen molar-refractivity contribution in [3.05, 3.63) is 45.5 Å². The molecule has 0 aliphatic carbocycles. The fraction of sp³-hybridized carbons (Fsp3) is 0.538. The molecule has 88 valence electrons. The van der Waals surface area contributed by atoms with Crippen molar-refractivity contribution >= 4 is 0 Å². The van der Waals surface area contributed by atoms with E-state index in [2.05, 4.69) is 32.9 Å². The summed E-state index contributed by atoms with van der Waals surface area (Å²) in [4.78, 5) is 10.2. The third kappa shape index (κ3) is 3.33. The van der Waals surface area contributed by atoms with Gasteiger partial charge in [0.2, 0.25) is 6.54 Å². The van der Waals surface area contributed by atoms with Crippen molar-refractivity contribution < 1.29 is 4.92 Å². The molecule has 0 N–H and O–H groups in total. The highest BCUT2D eigenvalue weighted by Crippen LogP contribution is 2.24. The Morgan fingerprint density at radius 1 is 1.25 bits per heavy atom. The van der Waals surface area contributed by atoms with E-state index in [1.807, 2.05) is 19.1 Å². The highest BCUT2D eigenvalue weighted by Gasteiger charge is 2.15. The summed E-state index contributed by atoms with van der Waals surface area (Å²) in [6.07, 6.45) is 0. The quantitative estimate of drug-likeness (QED) is 0.580. The van der Waals surface area contributed by atoms with Gasteiger partial charge in [-0.15, -0.1) is 0 Å². The molecule has 1 aromatic carbocycles. The smallest absolute Gasteiger partial charge is 0.210 e. The van der Waals surface area contributed by atoms with E-state index in [0.29, 0.717) is 0 Å². The third-order valence-electron chi connectivity index (χ3n) is 2.77. The first kappa shape index (κ1) is 12.7. The number of rotatable bonds is 3. The molecule has 0 saturated carbocycles. The van der Waals surface area contributed by atoms with Gasteiger partial charge in [-0.1, -0.05) is 52.0 Å². The van der Waals surface area contributed by atoms with Gasteiger partial charge in [0.1, 0.15) is 0 Å². The van der Waals surface area contributed by atoms with Crippen LogP contribution in [0.3, 0.4) is 0 Å². The largest absolute Gasteiger partial charge is 0.265 e. The van der Waals surface area contributed by atoms with Gasteiger partial charge in [-0.25, -0.2) is 0 Å². The molecule has 0 heterocycles. The summed E-state index contributed by atoms with van der Waals surface area (Å²) < 4.78 is 0. The predicted octanol–water partition coefficient (Wildman–Crippen LogP) is 3.36. The fourth-order valence-corrected chi connectivity index (χ4v) is 1.64. The van der Waals surface area contributed by atoms with Crippen molar-refractivity contribution in [2.24, 2.45) is 0 Å². The van der Waals surface area contributed by atoms with Crippen LogP contribution >= 0.6 is 0 Å². The SMILES string of the molecule is C[C@H](C[N+](=O)[O-])c1ccc(C(C)(C)C)cc1. The number of hydrogen-bond donors (Lipinski definition) is 0. The van der Waals surface area contributed by atoms with Gasteiger partial charge in [0, 0.05) is 10.8 Å². The van der Waals surface area contributed by atoms with E-state index >= 15 is 0 Å². The lowest BCUT2D eigenvalue weighted by molar-refractivity contribution is -0.482. The Hall–Kier alpha value is -1.38. The standard InChI is InChI=1S/C13H19NO2/c1-10(9-14(15)16)11-5-7-12(8-6-11)13(2,3)4/h5-8,10H,9H2,1-4H3/t10-/m1/s1.